The molecule has 162 valence electrons. The van der Waals surface area contributed by atoms with Gasteiger partial charge in [-0.15, -0.1) is 0 Å². The van der Waals surface area contributed by atoms with E-state index in [1.54, 1.807) is 23.1 Å². The summed E-state index contributed by atoms with van der Waals surface area (Å²) in [5.41, 5.74) is 1.31. The zero-order valence-corrected chi connectivity index (χ0v) is 18.0. The minimum atomic E-state index is -0.299. The minimum absolute atomic E-state index is 0.0186. The van der Waals surface area contributed by atoms with Crippen molar-refractivity contribution in [2.24, 2.45) is 5.92 Å². The SMILES string of the molecule is CNC[C@@H]1Oc2ccc(NC(=O)NC(C)C)cc2CC(=O)N([C@H](C)CO)C[C@@H]1C. The van der Waals surface area contributed by atoms with Crippen LogP contribution in [0.15, 0.2) is 18.2 Å². The molecule has 8 nitrogen and oxygen atoms in total. The molecule has 1 heterocycles. The van der Waals surface area contributed by atoms with E-state index in [0.717, 1.165) is 0 Å². The van der Waals surface area contributed by atoms with Gasteiger partial charge in [-0.2, -0.15) is 0 Å². The number of aliphatic hydroxyl groups excluding tert-OH is 1. The van der Waals surface area contributed by atoms with Crippen molar-refractivity contribution in [3.05, 3.63) is 23.8 Å². The second-order valence-electron chi connectivity index (χ2n) is 8.02. The summed E-state index contributed by atoms with van der Waals surface area (Å²) in [6, 6.07) is 4.80. The maximum Gasteiger partial charge on any atom is 0.319 e. The Kier molecular flexibility index (Phi) is 8.28. The number of likely N-dealkylation sites (N-methyl/N-ethyl adjacent to an activating group) is 1. The normalized spacial score (nSPS) is 20.8. The van der Waals surface area contributed by atoms with E-state index in [1.807, 2.05) is 34.7 Å². The van der Waals surface area contributed by atoms with Crippen molar-refractivity contribution >= 4 is 17.6 Å². The molecule has 8 heteroatoms. The molecule has 2 rings (SSSR count). The predicted molar refractivity (Wildman–Crippen MR) is 113 cm³/mol. The highest BCUT2D eigenvalue weighted by atomic mass is 16.5. The van der Waals surface area contributed by atoms with Crippen molar-refractivity contribution in [1.82, 2.24) is 15.5 Å². The number of ether oxygens (including phenoxy) is 1. The maximum absolute atomic E-state index is 13.0. The summed E-state index contributed by atoms with van der Waals surface area (Å²) in [6.07, 6.45) is 0.000997. The van der Waals surface area contributed by atoms with Crippen molar-refractivity contribution in [3.63, 3.8) is 0 Å². The number of fused-ring (bicyclic) bond motifs is 1. The van der Waals surface area contributed by atoms with Crippen LogP contribution in [0.2, 0.25) is 0 Å². The van der Waals surface area contributed by atoms with Gasteiger partial charge in [0.25, 0.3) is 0 Å². The number of hydrogen-bond acceptors (Lipinski definition) is 5. The van der Waals surface area contributed by atoms with Crippen LogP contribution < -0.4 is 20.7 Å². The Morgan fingerprint density at radius 3 is 2.69 bits per heavy atom. The predicted octanol–water partition coefficient (Wildman–Crippen LogP) is 1.58. The van der Waals surface area contributed by atoms with Crippen LogP contribution in [-0.2, 0) is 11.2 Å². The zero-order chi connectivity index (χ0) is 21.6. The number of rotatable bonds is 6. The lowest BCUT2D eigenvalue weighted by Gasteiger charge is -2.32. The molecule has 0 radical (unpaired) electrons. The lowest BCUT2D eigenvalue weighted by atomic mass is 10.0. The molecule has 3 atom stereocenters. The number of carbonyl (C=O) groups is 2. The Morgan fingerprint density at radius 1 is 1.34 bits per heavy atom. The van der Waals surface area contributed by atoms with E-state index in [0.29, 0.717) is 30.1 Å². The first kappa shape index (κ1) is 23.0. The van der Waals surface area contributed by atoms with Gasteiger partial charge in [0.15, 0.2) is 0 Å². The van der Waals surface area contributed by atoms with Crippen LogP contribution in [0.4, 0.5) is 10.5 Å². The van der Waals surface area contributed by atoms with Crippen molar-refractivity contribution in [3.8, 4) is 5.75 Å². The summed E-state index contributed by atoms with van der Waals surface area (Å²) in [5.74, 6) is 0.636. The van der Waals surface area contributed by atoms with Crippen molar-refractivity contribution in [2.75, 3.05) is 32.1 Å². The van der Waals surface area contributed by atoms with Crippen LogP contribution in [0.5, 0.6) is 5.75 Å². The van der Waals surface area contributed by atoms with Gasteiger partial charge in [-0.1, -0.05) is 6.92 Å². The van der Waals surface area contributed by atoms with Crippen molar-refractivity contribution in [1.29, 1.82) is 0 Å². The Bertz CT molecular complexity index is 710. The van der Waals surface area contributed by atoms with Crippen LogP contribution in [0.3, 0.4) is 0 Å². The first-order chi connectivity index (χ1) is 13.7. The van der Waals surface area contributed by atoms with E-state index in [9.17, 15) is 14.7 Å². The molecular formula is C21H34N4O4. The molecule has 1 aliphatic heterocycles. The molecular weight excluding hydrogens is 372 g/mol. The smallest absolute Gasteiger partial charge is 0.319 e. The topological polar surface area (TPSA) is 103 Å². The summed E-state index contributed by atoms with van der Waals surface area (Å²) < 4.78 is 6.27. The number of aliphatic hydroxyl groups is 1. The molecule has 29 heavy (non-hydrogen) atoms. The van der Waals surface area contributed by atoms with Gasteiger partial charge in [0, 0.05) is 36.3 Å². The fraction of sp³-hybridized carbons (Fsp3) is 0.619. The van der Waals surface area contributed by atoms with Gasteiger partial charge in [-0.3, -0.25) is 4.79 Å². The van der Waals surface area contributed by atoms with Crippen molar-refractivity contribution < 1.29 is 19.4 Å². The molecule has 1 aliphatic rings. The van der Waals surface area contributed by atoms with E-state index in [4.69, 9.17) is 4.74 Å². The van der Waals surface area contributed by atoms with Gasteiger partial charge < -0.3 is 30.7 Å². The quantitative estimate of drug-likeness (QED) is 0.574. The summed E-state index contributed by atoms with van der Waals surface area (Å²) in [4.78, 5) is 26.8. The number of nitrogens with one attached hydrogen (secondary N) is 3. The van der Waals surface area contributed by atoms with Gasteiger partial charge in [0.2, 0.25) is 5.91 Å². The van der Waals surface area contributed by atoms with Gasteiger partial charge in [0.05, 0.1) is 19.1 Å². The average Bonchev–Trinajstić information content (AvgIpc) is 2.69. The monoisotopic (exact) mass is 406 g/mol. The standard InChI is InChI=1S/C21H34N4O4/c1-13(2)23-21(28)24-17-6-7-18-16(8-17)9-20(27)25(15(4)12-26)11-14(3)19(29-18)10-22-5/h6-8,13-15,19,22,26H,9-12H2,1-5H3,(H2,23,24,28)/t14-,15+,19-/m0/s1. The summed E-state index contributed by atoms with van der Waals surface area (Å²) in [6.45, 7) is 8.69. The molecule has 0 bridgehead atoms. The van der Waals surface area contributed by atoms with Crippen LogP contribution in [-0.4, -0.2) is 66.9 Å². The number of urea groups is 1. The fourth-order valence-corrected chi connectivity index (χ4v) is 3.38. The second kappa shape index (κ2) is 10.5. The maximum atomic E-state index is 13.0. The summed E-state index contributed by atoms with van der Waals surface area (Å²) in [7, 11) is 1.86. The number of carbonyl (C=O) groups excluding carboxylic acids is 2. The van der Waals surface area contributed by atoms with E-state index in [-0.39, 0.29) is 49.1 Å². The fourth-order valence-electron chi connectivity index (χ4n) is 3.38. The molecule has 0 fully saturated rings. The van der Waals surface area contributed by atoms with Crippen LogP contribution in [0, 0.1) is 5.92 Å². The lowest BCUT2D eigenvalue weighted by Crippen LogP contribution is -2.47. The molecule has 0 aliphatic carbocycles. The lowest BCUT2D eigenvalue weighted by molar-refractivity contribution is -0.134. The van der Waals surface area contributed by atoms with Crippen LogP contribution in [0.1, 0.15) is 33.3 Å². The van der Waals surface area contributed by atoms with Crippen LogP contribution >= 0.6 is 0 Å². The zero-order valence-electron chi connectivity index (χ0n) is 18.0. The molecule has 0 spiro atoms. The number of amides is 3. The van der Waals surface area contributed by atoms with Crippen molar-refractivity contribution in [2.45, 2.75) is 52.3 Å². The first-order valence-electron chi connectivity index (χ1n) is 10.2. The second-order valence-corrected chi connectivity index (χ2v) is 8.02. The third-order valence-electron chi connectivity index (χ3n) is 5.00. The molecule has 0 aromatic heterocycles. The van der Waals surface area contributed by atoms with Gasteiger partial charge in [0.1, 0.15) is 11.9 Å². The van der Waals surface area contributed by atoms with E-state index < -0.39 is 0 Å². The average molecular weight is 407 g/mol. The van der Waals surface area contributed by atoms with Gasteiger partial charge in [-0.05, 0) is 46.0 Å². The highest BCUT2D eigenvalue weighted by Gasteiger charge is 2.30. The molecule has 1 aromatic carbocycles. The Balaban J connectivity index is 2.35. The Morgan fingerprint density at radius 2 is 2.07 bits per heavy atom. The van der Waals surface area contributed by atoms with E-state index in [2.05, 4.69) is 16.0 Å². The Labute approximate surface area is 173 Å². The number of anilines is 1. The highest BCUT2D eigenvalue weighted by Crippen LogP contribution is 2.28. The van der Waals surface area contributed by atoms with Crippen LogP contribution in [0.25, 0.3) is 0 Å². The van der Waals surface area contributed by atoms with E-state index >= 15 is 0 Å². The van der Waals surface area contributed by atoms with Gasteiger partial charge >= 0.3 is 6.03 Å². The summed E-state index contributed by atoms with van der Waals surface area (Å²) in [5, 5.41) is 18.3. The first-order valence-corrected chi connectivity index (χ1v) is 10.2. The van der Waals surface area contributed by atoms with Gasteiger partial charge in [-0.25, -0.2) is 4.79 Å². The molecule has 3 amide bonds. The number of benzene rings is 1. The summed E-state index contributed by atoms with van der Waals surface area (Å²) >= 11 is 0. The largest absolute Gasteiger partial charge is 0.488 e. The third-order valence-corrected chi connectivity index (χ3v) is 5.00. The molecule has 0 saturated heterocycles. The van der Waals surface area contributed by atoms with E-state index in [1.165, 1.54) is 0 Å². The minimum Gasteiger partial charge on any atom is -0.488 e. The number of hydrogen-bond donors (Lipinski definition) is 4. The molecule has 4 N–H and O–H groups in total. The third kappa shape index (κ3) is 6.33. The highest BCUT2D eigenvalue weighted by molar-refractivity contribution is 5.90. The Hall–Kier alpha value is -2.32. The molecule has 0 saturated carbocycles. The number of nitrogens with zero attached hydrogens (tertiary/aromatic N) is 1. The molecule has 1 aromatic rings. The molecule has 0 unspecified atom stereocenters.